The molecular weight excluding hydrogens is 1660 g/mol. The molecule has 682 valence electrons. The van der Waals surface area contributed by atoms with E-state index in [9.17, 15) is 115 Å². The maximum Gasteiger partial charge on any atom is 0.303 e. The number of nitrogens with zero attached hydrogens (tertiary/aromatic N) is 1. The van der Waals surface area contributed by atoms with Crippen molar-refractivity contribution in [3.05, 3.63) is 154 Å². The fourth-order valence-corrected chi connectivity index (χ4v) is 12.4. The number of hydrogen-bond donors (Lipinski definition) is 22. The Balaban J connectivity index is 1.48. The summed E-state index contributed by atoms with van der Waals surface area (Å²) in [6.45, 7) is 6.75. The van der Waals surface area contributed by atoms with Crippen molar-refractivity contribution >= 4 is 94.6 Å². The van der Waals surface area contributed by atoms with E-state index in [0.717, 1.165) is 52.2 Å². The monoisotopic (exact) mass is 1770 g/mol. The molecule has 0 bridgehead atoms. The third-order valence-corrected chi connectivity index (χ3v) is 19.1. The SMILES string of the molecule is CC(=O)N[C@@H](CC(C)C)C(=O)N[C@H](C(=O)N[C@@H](Cc1cc(F)c(F)c(F)c1)C(=O)N[C@@H](CCC(=O)O)C(=O)N[C@@H](Cc1c[nH]cn1)C(=O)N[C@@H](Cc1ccc(O)cc1)C(=O)N[C@@H](Cc1ccc(F)c(F)c1)C(=O)N[C@@H](C)C(=O)N[C@@H](CCC(N)=O)C(=O)N[C@@H](Cc1ccc(F)cc1)C(=O)N[C@H](C(=O)N[C@@H](CO)C(=O)N[C@@H](CCCCN)C(N)=O)[C@@H](C)O)[C@@H](C)O. The summed E-state index contributed by atoms with van der Waals surface area (Å²) in [7, 11) is 0. The Kier molecular flexibility index (Phi) is 40.8. The standard InChI is InChI=1S/C80H104F6N18O21/c1-37(2)25-56(93-41(6)108)76(121)103-66(39(4)106)79(124)101-60(32-45-27-51(84)65(86)52(85)28-45)73(118)96-55(21-23-64(111)112)71(116)100-61(33-47-34-90-36-91-47)75(120)98-57(30-43-12-17-48(109)18-13-43)74(119)99-59(31-44-14-19-49(82)50(83)26-44)72(117)92-38(3)69(114)95-54(20-22-63(88)110)70(115)97-58(29-42-10-15-46(81)16-11-42)77(122)104-67(40(5)107)80(125)102-62(35-105)78(123)94-53(68(89)113)9-7-8-24-87/h10-19,26-28,34,36-40,53-62,66-67,105-107,109H,7-9,20-25,29-33,35,87H2,1-6H3,(H2,88,110)(H2,89,113)(H,90,91)(H,92,117)(H,93,108)(H,94,123)(H,95,114)(H,96,118)(H,97,115)(H,98,120)(H,99,119)(H,100,116)(H,101,124)(H,102,125)(H,103,121)(H,104,122)(H,111,112)/t38-,39+,40+,53-,54-,55-,56-,57-,58-,59-,60-,61-,62-,66-,67-/m0/s1. The van der Waals surface area contributed by atoms with Crippen LogP contribution in [0.2, 0.25) is 0 Å². The van der Waals surface area contributed by atoms with Crippen LogP contribution in [-0.2, 0) is 109 Å². The molecule has 0 aliphatic carbocycles. The molecule has 125 heavy (non-hydrogen) atoms. The summed E-state index contributed by atoms with van der Waals surface area (Å²) in [6.07, 6.45) is -7.02. The molecule has 25 N–H and O–H groups in total. The number of imidazole rings is 1. The minimum Gasteiger partial charge on any atom is -0.508 e. The lowest BCUT2D eigenvalue weighted by molar-refractivity contribution is -0.139. The zero-order valence-corrected chi connectivity index (χ0v) is 68.7. The van der Waals surface area contributed by atoms with Gasteiger partial charge >= 0.3 is 5.97 Å². The van der Waals surface area contributed by atoms with Crippen molar-refractivity contribution in [2.75, 3.05) is 13.2 Å². The quantitative estimate of drug-likeness (QED) is 0.0101. The predicted molar refractivity (Wildman–Crippen MR) is 428 cm³/mol. The van der Waals surface area contributed by atoms with Crippen LogP contribution in [0.25, 0.3) is 0 Å². The molecule has 39 nitrogen and oxygen atoms in total. The van der Waals surface area contributed by atoms with Crippen LogP contribution in [0.15, 0.2) is 91.4 Å². The third-order valence-electron chi connectivity index (χ3n) is 19.1. The van der Waals surface area contributed by atoms with Crippen LogP contribution in [0.5, 0.6) is 5.75 Å². The number of amides is 15. The molecule has 45 heteroatoms. The van der Waals surface area contributed by atoms with Crippen molar-refractivity contribution in [2.24, 2.45) is 23.1 Å². The number of hydrogen-bond acceptors (Lipinski definition) is 22. The van der Waals surface area contributed by atoms with Gasteiger partial charge in [0.1, 0.15) is 90.1 Å². The van der Waals surface area contributed by atoms with E-state index in [1.54, 1.807) is 13.8 Å². The number of primary amides is 2. The third kappa shape index (κ3) is 34.2. The number of H-pyrrole nitrogens is 1. The van der Waals surface area contributed by atoms with E-state index in [0.29, 0.717) is 37.1 Å². The number of phenols is 1. The van der Waals surface area contributed by atoms with E-state index < -0.39 is 290 Å². The van der Waals surface area contributed by atoms with E-state index in [1.807, 2.05) is 0 Å². The number of aromatic hydroxyl groups is 1. The van der Waals surface area contributed by atoms with Crippen LogP contribution >= 0.6 is 0 Å². The smallest absolute Gasteiger partial charge is 0.303 e. The van der Waals surface area contributed by atoms with Crippen LogP contribution in [0.1, 0.15) is 121 Å². The first kappa shape index (κ1) is 102. The predicted octanol–water partition coefficient (Wildman–Crippen LogP) is -3.65. The van der Waals surface area contributed by atoms with E-state index in [2.05, 4.69) is 79.1 Å². The van der Waals surface area contributed by atoms with Gasteiger partial charge in [0, 0.05) is 58.1 Å². The molecule has 0 saturated heterocycles. The van der Waals surface area contributed by atoms with E-state index in [-0.39, 0.29) is 53.4 Å². The summed E-state index contributed by atoms with van der Waals surface area (Å²) < 4.78 is 87.7. The van der Waals surface area contributed by atoms with Gasteiger partial charge in [-0.3, -0.25) is 76.7 Å². The Morgan fingerprint density at radius 3 is 1.27 bits per heavy atom. The first-order valence-electron chi connectivity index (χ1n) is 39.3. The number of phenolic OH excluding ortho intramolecular Hbond substituents is 1. The Labute approximate surface area is 711 Å². The maximum atomic E-state index is 15.1. The number of carboxylic acids is 1. The van der Waals surface area contributed by atoms with E-state index in [4.69, 9.17) is 17.2 Å². The lowest BCUT2D eigenvalue weighted by Crippen LogP contribution is -2.62. The first-order valence-corrected chi connectivity index (χ1v) is 39.3. The summed E-state index contributed by atoms with van der Waals surface area (Å²) in [5, 5.41) is 82.0. The number of nitrogens with two attached hydrogens (primary N) is 3. The number of aliphatic carboxylic acids is 1. The largest absolute Gasteiger partial charge is 0.508 e. The molecule has 5 aromatic rings. The van der Waals surface area contributed by atoms with Crippen LogP contribution < -0.4 is 86.3 Å². The number of aromatic nitrogens is 2. The highest BCUT2D eigenvalue weighted by atomic mass is 19.2. The lowest BCUT2D eigenvalue weighted by atomic mass is 10.0. The van der Waals surface area contributed by atoms with Crippen molar-refractivity contribution in [1.82, 2.24) is 79.1 Å². The van der Waals surface area contributed by atoms with Crippen molar-refractivity contribution in [2.45, 2.75) is 216 Å². The molecule has 1 heterocycles. The van der Waals surface area contributed by atoms with Crippen molar-refractivity contribution in [3.8, 4) is 5.75 Å². The number of rotatable bonds is 51. The average Bonchev–Trinajstić information content (AvgIpc) is 0.996. The van der Waals surface area contributed by atoms with Crippen LogP contribution in [0.3, 0.4) is 0 Å². The fourth-order valence-electron chi connectivity index (χ4n) is 12.4. The number of aliphatic hydroxyl groups excluding tert-OH is 3. The molecule has 0 unspecified atom stereocenters. The number of carbonyl (C=O) groups is 16. The van der Waals surface area contributed by atoms with Crippen molar-refractivity contribution in [1.29, 1.82) is 0 Å². The second-order valence-electron chi connectivity index (χ2n) is 29.9. The van der Waals surface area contributed by atoms with Gasteiger partial charge in [-0.15, -0.1) is 0 Å². The number of carbonyl (C=O) groups excluding carboxylic acids is 15. The summed E-state index contributed by atoms with van der Waals surface area (Å²) in [6, 6.07) is -11.6. The Morgan fingerprint density at radius 2 is 0.824 bits per heavy atom. The summed E-state index contributed by atoms with van der Waals surface area (Å²) in [4.78, 5) is 228. The van der Waals surface area contributed by atoms with Gasteiger partial charge in [0.05, 0.1) is 30.8 Å². The van der Waals surface area contributed by atoms with Gasteiger partial charge < -0.3 is 117 Å². The number of aromatic amines is 1. The van der Waals surface area contributed by atoms with Gasteiger partial charge in [-0.05, 0) is 143 Å². The molecule has 0 spiro atoms. The van der Waals surface area contributed by atoms with Gasteiger partial charge in [-0.25, -0.2) is 31.3 Å². The van der Waals surface area contributed by atoms with Crippen molar-refractivity contribution in [3.63, 3.8) is 0 Å². The highest BCUT2D eigenvalue weighted by Crippen LogP contribution is 2.20. The number of aliphatic hydroxyl groups is 3. The van der Waals surface area contributed by atoms with Crippen LogP contribution in [0.4, 0.5) is 26.3 Å². The van der Waals surface area contributed by atoms with Gasteiger partial charge in [0.2, 0.25) is 88.6 Å². The lowest BCUT2D eigenvalue weighted by Gasteiger charge is -2.29. The zero-order valence-electron chi connectivity index (χ0n) is 68.7. The maximum absolute atomic E-state index is 15.1. The highest BCUT2D eigenvalue weighted by molar-refractivity contribution is 6.01. The minimum atomic E-state index is -2.13. The van der Waals surface area contributed by atoms with E-state index in [1.165, 1.54) is 42.6 Å². The molecule has 4 aromatic carbocycles. The fraction of sp³-hybridized carbons (Fsp3) is 0.463. The Morgan fingerprint density at radius 1 is 0.424 bits per heavy atom. The first-order chi connectivity index (χ1) is 58.9. The topological polar surface area (TPSA) is 637 Å². The summed E-state index contributed by atoms with van der Waals surface area (Å²) >= 11 is 0. The number of carboxylic acid groups (broad SMARTS) is 1. The molecule has 0 aliphatic rings. The molecule has 15 amide bonds. The van der Waals surface area contributed by atoms with Crippen LogP contribution in [0, 0.1) is 40.8 Å². The molecule has 0 saturated carbocycles. The molecular formula is C80H104F6N18O21. The molecule has 15 atom stereocenters. The van der Waals surface area contributed by atoms with Crippen LogP contribution in [-0.4, -0.2) is 234 Å². The summed E-state index contributed by atoms with van der Waals surface area (Å²) in [5.41, 5.74) is 16.0. The number of unbranched alkanes of at least 4 members (excludes halogenated alkanes) is 1. The normalized spacial score (nSPS) is 14.8. The average molecular weight is 1770 g/mol. The molecule has 0 fully saturated rings. The number of nitrogens with one attached hydrogen (secondary N) is 14. The Hall–Kier alpha value is -13.2. The molecule has 5 rings (SSSR count). The number of halogens is 6. The minimum absolute atomic E-state index is 0.000357. The summed E-state index contributed by atoms with van der Waals surface area (Å²) in [5.74, 6) is -29.2. The van der Waals surface area contributed by atoms with E-state index >= 15 is 14.0 Å². The van der Waals surface area contributed by atoms with Gasteiger partial charge in [0.15, 0.2) is 29.1 Å². The highest BCUT2D eigenvalue weighted by Gasteiger charge is 2.40. The van der Waals surface area contributed by atoms with Gasteiger partial charge in [-0.1, -0.05) is 44.2 Å². The molecule has 0 radical (unpaired) electrons. The van der Waals surface area contributed by atoms with Gasteiger partial charge in [-0.2, -0.15) is 0 Å². The second-order valence-corrected chi connectivity index (χ2v) is 29.9. The second kappa shape index (κ2) is 49.8. The molecule has 0 aliphatic heterocycles. The zero-order chi connectivity index (χ0) is 93.2. The Bertz CT molecular complexity index is 4590. The number of benzene rings is 4. The van der Waals surface area contributed by atoms with Crippen molar-refractivity contribution < 1.29 is 129 Å². The molecule has 1 aromatic heterocycles. The van der Waals surface area contributed by atoms with Gasteiger partial charge in [0.25, 0.3) is 0 Å².